The smallest absolute Gasteiger partial charge is 0.244 e. The van der Waals surface area contributed by atoms with Gasteiger partial charge in [-0.3, -0.25) is 19.7 Å². The fourth-order valence-electron chi connectivity index (χ4n) is 3.16. The highest BCUT2D eigenvalue weighted by Crippen LogP contribution is 2.29. The van der Waals surface area contributed by atoms with E-state index in [9.17, 15) is 4.79 Å². The Labute approximate surface area is 203 Å². The maximum absolute atomic E-state index is 12.6. The Morgan fingerprint density at radius 1 is 1.33 bits per heavy atom. The van der Waals surface area contributed by atoms with Gasteiger partial charge in [-0.1, -0.05) is 52.2 Å². The molecule has 9 nitrogen and oxygen atoms in total. The zero-order chi connectivity index (χ0) is 24.5. The van der Waals surface area contributed by atoms with Gasteiger partial charge in [0.15, 0.2) is 5.76 Å². The van der Waals surface area contributed by atoms with E-state index in [1.165, 1.54) is 24.5 Å². The van der Waals surface area contributed by atoms with Gasteiger partial charge >= 0.3 is 0 Å². The molecule has 0 bridgehead atoms. The van der Waals surface area contributed by atoms with E-state index in [0.717, 1.165) is 37.2 Å². The molecule has 0 fully saturated rings. The molecule has 0 aromatic rings. The van der Waals surface area contributed by atoms with Gasteiger partial charge in [-0.2, -0.15) is 0 Å². The van der Waals surface area contributed by atoms with E-state index in [1.54, 1.807) is 11.9 Å². The van der Waals surface area contributed by atoms with Gasteiger partial charge in [0.25, 0.3) is 0 Å². The van der Waals surface area contributed by atoms with Crippen LogP contribution in [0.5, 0.6) is 0 Å². The fourth-order valence-corrected chi connectivity index (χ4v) is 3.33. The summed E-state index contributed by atoms with van der Waals surface area (Å²) in [6, 6.07) is -0.503. The van der Waals surface area contributed by atoms with Gasteiger partial charge in [-0.05, 0) is 25.3 Å². The molecule has 2 N–H and O–H groups in total. The lowest BCUT2D eigenvalue weighted by Crippen LogP contribution is -2.35. The van der Waals surface area contributed by atoms with Crippen molar-refractivity contribution < 1.29 is 14.3 Å². The number of ether oxygens (including phenoxy) is 2. The summed E-state index contributed by atoms with van der Waals surface area (Å²) in [7, 11) is 1.64. The molecule has 2 aliphatic rings. The second-order valence-electron chi connectivity index (χ2n) is 6.93. The van der Waals surface area contributed by atoms with Crippen LogP contribution in [0.2, 0.25) is 0 Å². The quantitative estimate of drug-likeness (QED) is 0.253. The van der Waals surface area contributed by atoms with Crippen LogP contribution in [0.3, 0.4) is 0 Å². The Hall–Kier alpha value is -2.75. The monoisotopic (exact) mass is 478 g/mol. The van der Waals surface area contributed by atoms with Gasteiger partial charge in [0, 0.05) is 26.2 Å². The molecule has 33 heavy (non-hydrogen) atoms. The predicted molar refractivity (Wildman–Crippen MR) is 138 cm³/mol. The number of guanidine groups is 1. The average Bonchev–Trinajstić information content (AvgIpc) is 2.86. The van der Waals surface area contributed by atoms with Crippen molar-refractivity contribution in [1.29, 1.82) is 0 Å². The molecule has 0 aromatic carbocycles. The molecule has 0 radical (unpaired) electrons. The molecule has 1 heterocycles. The molecule has 1 aliphatic carbocycles. The van der Waals surface area contributed by atoms with Crippen molar-refractivity contribution in [2.24, 2.45) is 15.0 Å². The minimum atomic E-state index is -0.503. The molecule has 10 heteroatoms. The number of carbonyl (C=O) groups is 1. The third-order valence-electron chi connectivity index (χ3n) is 4.72. The molecule has 0 aromatic heterocycles. The number of carbonyl (C=O) groups excluding carboxylic acids is 1. The Bertz CT molecular complexity index is 776. The van der Waals surface area contributed by atoms with Gasteiger partial charge in [0.05, 0.1) is 6.34 Å². The summed E-state index contributed by atoms with van der Waals surface area (Å²) in [5, 5.41) is 2.98. The van der Waals surface area contributed by atoms with E-state index in [0.29, 0.717) is 32.1 Å². The lowest BCUT2D eigenvalue weighted by Gasteiger charge is -2.25. The highest BCUT2D eigenvalue weighted by atomic mass is 32.1. The second kappa shape index (κ2) is 16.8. The number of nitrogens with zero attached hydrogens (tertiary/aromatic N) is 4. The first kappa shape index (κ1) is 28.3. The zero-order valence-corrected chi connectivity index (χ0v) is 21.1. The van der Waals surface area contributed by atoms with E-state index in [4.69, 9.17) is 9.47 Å². The second-order valence-corrected chi connectivity index (χ2v) is 7.15. The number of rotatable bonds is 10. The van der Waals surface area contributed by atoms with E-state index in [1.807, 2.05) is 26.8 Å². The summed E-state index contributed by atoms with van der Waals surface area (Å²) in [4.78, 5) is 26.6. The van der Waals surface area contributed by atoms with E-state index in [-0.39, 0.29) is 5.91 Å². The topological polar surface area (TPSA) is 99.9 Å². The first-order valence-electron chi connectivity index (χ1n) is 11.4. The molecule has 0 saturated heterocycles. The molecule has 2 rings (SSSR count). The summed E-state index contributed by atoms with van der Waals surface area (Å²) in [6.07, 6.45) is 10.5. The average molecular weight is 479 g/mol. The lowest BCUT2D eigenvalue weighted by atomic mass is 9.99. The molecule has 184 valence electrons. The van der Waals surface area contributed by atoms with Crippen molar-refractivity contribution in [2.75, 3.05) is 26.8 Å². The van der Waals surface area contributed by atoms with Gasteiger partial charge in [-0.25, -0.2) is 4.99 Å². The summed E-state index contributed by atoms with van der Waals surface area (Å²) < 4.78 is 13.9. The van der Waals surface area contributed by atoms with Crippen LogP contribution in [0.15, 0.2) is 50.9 Å². The lowest BCUT2D eigenvalue weighted by molar-refractivity contribution is -0.122. The predicted octanol–water partition coefficient (Wildman–Crippen LogP) is 3.59. The van der Waals surface area contributed by atoms with Crippen LogP contribution in [0, 0.1) is 0 Å². The van der Waals surface area contributed by atoms with Crippen molar-refractivity contribution in [3.05, 3.63) is 35.9 Å². The van der Waals surface area contributed by atoms with E-state index >= 15 is 0 Å². The van der Waals surface area contributed by atoms with Gasteiger partial charge in [0.1, 0.15) is 31.4 Å². The third kappa shape index (κ3) is 9.73. The first-order chi connectivity index (χ1) is 16.1. The molecule has 1 amide bonds. The molecule has 0 spiro atoms. The highest BCUT2D eigenvalue weighted by Gasteiger charge is 2.20. The molecular weight excluding hydrogens is 440 g/mol. The van der Waals surface area contributed by atoms with Crippen LogP contribution < -0.4 is 10.0 Å². The van der Waals surface area contributed by atoms with Crippen LogP contribution in [-0.4, -0.2) is 62.3 Å². The van der Waals surface area contributed by atoms with Crippen molar-refractivity contribution in [3.63, 3.8) is 0 Å². The first-order valence-corrected chi connectivity index (χ1v) is 11.9. The molecular formula is C23H38N6O3S. The number of hydrogen-bond donors (Lipinski definition) is 3. The van der Waals surface area contributed by atoms with Gasteiger partial charge in [-0.15, -0.1) is 0 Å². The highest BCUT2D eigenvalue weighted by molar-refractivity contribution is 7.78. The molecule has 1 unspecified atom stereocenters. The Balaban J connectivity index is 0.00000265. The van der Waals surface area contributed by atoms with Crippen molar-refractivity contribution in [3.8, 4) is 0 Å². The minimum Gasteiger partial charge on any atom is -0.491 e. The summed E-state index contributed by atoms with van der Waals surface area (Å²) in [5.74, 6) is 2.03. The van der Waals surface area contributed by atoms with Crippen LogP contribution in [0.4, 0.5) is 0 Å². The third-order valence-corrected chi connectivity index (χ3v) is 4.92. The summed E-state index contributed by atoms with van der Waals surface area (Å²) >= 11 is 4.04. The minimum absolute atomic E-state index is 0.113. The molecule has 1 atom stereocenters. The number of amides is 1. The van der Waals surface area contributed by atoms with Gasteiger partial charge in [0.2, 0.25) is 11.9 Å². The van der Waals surface area contributed by atoms with Crippen LogP contribution >= 0.6 is 12.8 Å². The maximum atomic E-state index is 12.6. The Morgan fingerprint density at radius 2 is 2.09 bits per heavy atom. The largest absolute Gasteiger partial charge is 0.491 e. The van der Waals surface area contributed by atoms with Crippen LogP contribution in [0.25, 0.3) is 0 Å². The molecule has 0 saturated carbocycles. The van der Waals surface area contributed by atoms with Crippen molar-refractivity contribution in [2.45, 2.75) is 58.9 Å². The van der Waals surface area contributed by atoms with Gasteiger partial charge < -0.3 is 19.5 Å². The molecule has 1 aliphatic heterocycles. The van der Waals surface area contributed by atoms with Crippen LogP contribution in [0.1, 0.15) is 52.9 Å². The standard InChI is InChI=1S/C21H32N6O3S.C2H6/c1-4-6-17(24-14-25-21(26-31)27(5-2)15-22-3)20(28)23-10-9-16-7-8-18-19(13-16)30-12-11-29-18;1-2/h5,13-15,17,31H,2,4,6-12H2,1,3H3,(H,23,28)(H,24,25,26);1-2H3. The summed E-state index contributed by atoms with van der Waals surface area (Å²) in [6.45, 7) is 11.5. The van der Waals surface area contributed by atoms with E-state index < -0.39 is 6.04 Å². The SMILES string of the molecule is C=CN(C=NC)C(=NC=NC(CCC)C(=O)NCCC1=CC2=C(CC1)OCCO2)NS.CC. The zero-order valence-electron chi connectivity index (χ0n) is 20.2. The number of allylic oxidation sites excluding steroid dienone is 2. The van der Waals surface area contributed by atoms with Crippen molar-refractivity contribution in [1.82, 2.24) is 14.9 Å². The number of nitrogens with one attached hydrogen (secondary N) is 2. The maximum Gasteiger partial charge on any atom is 0.244 e. The van der Waals surface area contributed by atoms with E-state index in [2.05, 4.69) is 44.4 Å². The number of thiol groups is 1. The van der Waals surface area contributed by atoms with Crippen molar-refractivity contribution >= 4 is 37.4 Å². The number of hydrogen-bond acceptors (Lipinski definition) is 6. The summed E-state index contributed by atoms with van der Waals surface area (Å²) in [5.41, 5.74) is 1.25. The fraction of sp³-hybridized carbons (Fsp3) is 0.565. The normalized spacial score (nSPS) is 16.6. The number of aliphatic imine (C=N–C) groups is 3. The Morgan fingerprint density at radius 3 is 2.76 bits per heavy atom. The van der Waals surface area contributed by atoms with Crippen LogP contribution in [-0.2, 0) is 14.3 Å². The Kier molecular flexibility index (Phi) is 14.4.